The lowest BCUT2D eigenvalue weighted by Gasteiger charge is -2.43. The van der Waals surface area contributed by atoms with Gasteiger partial charge in [0.1, 0.15) is 43.0 Å². The average Bonchev–Trinajstić information content (AvgIpc) is 3.78. The fourth-order valence-electron chi connectivity index (χ4n) is 6.75. The summed E-state index contributed by atoms with van der Waals surface area (Å²) in [6.07, 6.45) is 2.90. The third-order valence-corrected chi connectivity index (χ3v) is 9.43. The van der Waals surface area contributed by atoms with Crippen LogP contribution in [0.15, 0.2) is 48.7 Å². The van der Waals surface area contributed by atoms with Crippen LogP contribution in [0.5, 0.6) is 0 Å². The summed E-state index contributed by atoms with van der Waals surface area (Å²) >= 11 is 0. The highest BCUT2D eigenvalue weighted by Gasteiger charge is 2.61. The Hall–Kier alpha value is -2.52. The molecule has 0 saturated carbocycles. The van der Waals surface area contributed by atoms with Crippen LogP contribution < -0.4 is 0 Å². The van der Waals surface area contributed by atoms with Crippen molar-refractivity contribution in [1.29, 1.82) is 0 Å². The van der Waals surface area contributed by atoms with E-state index in [0.29, 0.717) is 12.5 Å². The molecule has 0 amide bonds. The summed E-state index contributed by atoms with van der Waals surface area (Å²) in [7, 11) is 0. The van der Waals surface area contributed by atoms with Crippen molar-refractivity contribution in [2.45, 2.75) is 115 Å². The molecule has 4 unspecified atom stereocenters. The molecule has 0 aliphatic carbocycles. The van der Waals surface area contributed by atoms with E-state index >= 15 is 0 Å². The molecule has 4 fully saturated rings. The fraction of sp³-hybridized carbons (Fsp3) is 0.647. The van der Waals surface area contributed by atoms with Gasteiger partial charge < -0.3 is 33.2 Å². The Labute approximate surface area is 269 Å². The van der Waals surface area contributed by atoms with Gasteiger partial charge in [-0.05, 0) is 63.6 Å². The quantitative estimate of drug-likeness (QED) is 0.273. The van der Waals surface area contributed by atoms with Crippen LogP contribution in [0.25, 0.3) is 10.8 Å². The second-order valence-corrected chi connectivity index (χ2v) is 13.9. The van der Waals surface area contributed by atoms with Gasteiger partial charge in [0.05, 0.1) is 25.5 Å². The molecule has 7 atom stereocenters. The Bertz CT molecular complexity index is 1490. The summed E-state index contributed by atoms with van der Waals surface area (Å²) in [5, 5.41) is 11.0. The molecule has 1 spiro atoms. The van der Waals surface area contributed by atoms with Gasteiger partial charge in [0.25, 0.3) is 0 Å². The van der Waals surface area contributed by atoms with Crippen molar-refractivity contribution in [1.82, 2.24) is 15.0 Å². The summed E-state index contributed by atoms with van der Waals surface area (Å²) in [5.74, 6) is -1.42. The standard InChI is InChI=1S/C34H45N3O9/c1-22(13-14-28-32(2,3)46-44-31(43-28)26-12-8-10-23-9-6-7-11-25(23)26)15-16-37-17-24(35-36-37)18-38-30-29-27(39-21-40-29)19-41-34(30)20-42-33(4,5)45-34/h6-12,17,22,27-31H,13-16,18-21H2,1-5H3/t22?,27-,28?,29-,30?,31?,34+/m0/s1. The largest absolute Gasteiger partial charge is 0.363 e. The predicted molar refractivity (Wildman–Crippen MR) is 164 cm³/mol. The van der Waals surface area contributed by atoms with Gasteiger partial charge in [-0.3, -0.25) is 4.68 Å². The average molecular weight is 640 g/mol. The molecule has 1 aromatic heterocycles. The van der Waals surface area contributed by atoms with Gasteiger partial charge in [0.15, 0.2) is 5.79 Å². The molecule has 2 aromatic carbocycles. The van der Waals surface area contributed by atoms with Gasteiger partial charge in [-0.15, -0.1) is 5.10 Å². The van der Waals surface area contributed by atoms with Crippen molar-refractivity contribution in [3.05, 3.63) is 59.9 Å². The molecule has 4 aliphatic rings. The number of aryl methyl sites for hydroxylation is 1. The van der Waals surface area contributed by atoms with E-state index in [2.05, 4.69) is 35.4 Å². The van der Waals surface area contributed by atoms with Crippen LogP contribution in [0, 0.1) is 5.92 Å². The fourth-order valence-corrected chi connectivity index (χ4v) is 6.75. The van der Waals surface area contributed by atoms with Gasteiger partial charge in [-0.25, -0.2) is 4.89 Å². The molecule has 3 aromatic rings. The van der Waals surface area contributed by atoms with Crippen molar-refractivity contribution in [3.63, 3.8) is 0 Å². The van der Waals surface area contributed by atoms with Crippen LogP contribution in [0.1, 0.15) is 71.4 Å². The summed E-state index contributed by atoms with van der Waals surface area (Å²) < 4.78 is 44.5. The van der Waals surface area contributed by atoms with Gasteiger partial charge in [0, 0.05) is 12.1 Å². The van der Waals surface area contributed by atoms with Crippen molar-refractivity contribution < 1.29 is 42.9 Å². The molecule has 4 saturated heterocycles. The number of ether oxygens (including phenoxy) is 7. The van der Waals surface area contributed by atoms with Gasteiger partial charge in [-0.1, -0.05) is 54.6 Å². The molecule has 12 heteroatoms. The molecule has 0 N–H and O–H groups in total. The van der Waals surface area contributed by atoms with E-state index in [1.165, 1.54) is 0 Å². The first-order chi connectivity index (χ1) is 22.1. The Morgan fingerprint density at radius 2 is 1.87 bits per heavy atom. The van der Waals surface area contributed by atoms with Gasteiger partial charge in [-0.2, -0.15) is 4.89 Å². The number of benzene rings is 2. The van der Waals surface area contributed by atoms with Crippen molar-refractivity contribution in [3.8, 4) is 0 Å². The van der Waals surface area contributed by atoms with Crippen LogP contribution in [-0.4, -0.2) is 76.6 Å². The van der Waals surface area contributed by atoms with Crippen LogP contribution in [0.2, 0.25) is 0 Å². The predicted octanol–water partition coefficient (Wildman–Crippen LogP) is 5.20. The first-order valence-electron chi connectivity index (χ1n) is 16.3. The lowest BCUT2D eigenvalue weighted by atomic mass is 9.92. The zero-order valence-electron chi connectivity index (χ0n) is 27.3. The summed E-state index contributed by atoms with van der Waals surface area (Å²) in [6, 6.07) is 14.4. The highest BCUT2D eigenvalue weighted by atomic mass is 17.2. The zero-order chi connectivity index (χ0) is 31.9. The highest BCUT2D eigenvalue weighted by Crippen LogP contribution is 2.43. The van der Waals surface area contributed by atoms with E-state index in [9.17, 15) is 0 Å². The van der Waals surface area contributed by atoms with E-state index in [4.69, 9.17) is 42.9 Å². The maximum atomic E-state index is 6.53. The molecule has 250 valence electrons. The zero-order valence-corrected chi connectivity index (χ0v) is 27.3. The molecule has 0 radical (unpaired) electrons. The molecule has 0 bridgehead atoms. The van der Waals surface area contributed by atoms with Crippen LogP contribution >= 0.6 is 0 Å². The number of fused-ring (bicyclic) bond motifs is 2. The molecule has 12 nitrogen and oxygen atoms in total. The number of hydrogen-bond acceptors (Lipinski definition) is 11. The third-order valence-electron chi connectivity index (χ3n) is 9.43. The Morgan fingerprint density at radius 1 is 1.02 bits per heavy atom. The third kappa shape index (κ3) is 6.60. The minimum atomic E-state index is -1.06. The molecule has 46 heavy (non-hydrogen) atoms. The van der Waals surface area contributed by atoms with Gasteiger partial charge in [0.2, 0.25) is 12.1 Å². The molecule has 4 aliphatic heterocycles. The minimum Gasteiger partial charge on any atom is -0.363 e. The van der Waals surface area contributed by atoms with Crippen molar-refractivity contribution in [2.75, 3.05) is 20.0 Å². The maximum absolute atomic E-state index is 6.53. The Morgan fingerprint density at radius 3 is 2.72 bits per heavy atom. The lowest BCUT2D eigenvalue weighted by molar-refractivity contribution is -0.487. The first kappa shape index (κ1) is 32.0. The van der Waals surface area contributed by atoms with E-state index in [-0.39, 0.29) is 38.3 Å². The Kier molecular flexibility index (Phi) is 8.94. The van der Waals surface area contributed by atoms with Gasteiger partial charge >= 0.3 is 0 Å². The highest BCUT2D eigenvalue weighted by molar-refractivity contribution is 5.85. The normalized spacial score (nSPS) is 32.6. The topological polar surface area (TPSA) is 114 Å². The number of rotatable bonds is 10. The molecular weight excluding hydrogens is 594 g/mol. The second kappa shape index (κ2) is 12.8. The van der Waals surface area contributed by atoms with Crippen molar-refractivity contribution >= 4 is 10.8 Å². The molecule has 7 rings (SSSR count). The smallest absolute Gasteiger partial charge is 0.224 e. The summed E-state index contributed by atoms with van der Waals surface area (Å²) in [5.41, 5.74) is 1.13. The number of hydrogen-bond donors (Lipinski definition) is 0. The van der Waals surface area contributed by atoms with Crippen LogP contribution in [0.3, 0.4) is 0 Å². The first-order valence-corrected chi connectivity index (χ1v) is 16.3. The Balaban J connectivity index is 0.912. The molecule has 5 heterocycles. The van der Waals surface area contributed by atoms with E-state index < -0.39 is 29.6 Å². The second-order valence-electron chi connectivity index (χ2n) is 13.9. The summed E-state index contributed by atoms with van der Waals surface area (Å²) in [4.78, 5) is 11.7. The van der Waals surface area contributed by atoms with E-state index in [0.717, 1.165) is 47.8 Å². The number of aromatic nitrogens is 3. The maximum Gasteiger partial charge on any atom is 0.224 e. The monoisotopic (exact) mass is 639 g/mol. The molecular formula is C34H45N3O9. The van der Waals surface area contributed by atoms with E-state index in [1.54, 1.807) is 0 Å². The summed E-state index contributed by atoms with van der Waals surface area (Å²) in [6.45, 7) is 11.8. The van der Waals surface area contributed by atoms with Crippen molar-refractivity contribution in [2.24, 2.45) is 5.92 Å². The number of nitrogens with zero attached hydrogens (tertiary/aromatic N) is 3. The SMILES string of the molecule is CC(CCC1OC(c2cccc3ccccc23)OOC1(C)C)CCn1cc(COC2[C@H]3OCO[C@H]3CO[C@@]23COC(C)(C)O3)nn1. The minimum absolute atomic E-state index is 0.122. The lowest BCUT2D eigenvalue weighted by Crippen LogP contribution is -2.62. The van der Waals surface area contributed by atoms with E-state index in [1.807, 2.05) is 62.8 Å². The van der Waals surface area contributed by atoms with Crippen LogP contribution in [-0.2, 0) is 56.1 Å². The van der Waals surface area contributed by atoms with Crippen LogP contribution in [0.4, 0.5) is 0 Å².